The SMILES string of the molecule is CCNC1CCCc2[nH]c(=O)ccc21. The molecule has 1 aromatic heterocycles. The molecule has 1 unspecified atom stereocenters. The third-order valence-corrected chi connectivity index (χ3v) is 2.78. The number of hydrogen-bond acceptors (Lipinski definition) is 2. The summed E-state index contributed by atoms with van der Waals surface area (Å²) in [5.74, 6) is 0. The molecule has 1 atom stereocenters. The van der Waals surface area contributed by atoms with Gasteiger partial charge in [-0.2, -0.15) is 0 Å². The van der Waals surface area contributed by atoms with Gasteiger partial charge in [0.25, 0.3) is 0 Å². The van der Waals surface area contributed by atoms with Crippen molar-refractivity contribution in [2.24, 2.45) is 0 Å². The molecule has 0 saturated carbocycles. The Balaban J connectivity index is 2.34. The second-order valence-electron chi connectivity index (χ2n) is 3.76. The van der Waals surface area contributed by atoms with Gasteiger partial charge in [-0.15, -0.1) is 0 Å². The quantitative estimate of drug-likeness (QED) is 0.743. The van der Waals surface area contributed by atoms with E-state index >= 15 is 0 Å². The van der Waals surface area contributed by atoms with Crippen molar-refractivity contribution in [2.45, 2.75) is 32.2 Å². The average Bonchev–Trinajstić information content (AvgIpc) is 2.18. The maximum atomic E-state index is 11.1. The molecule has 76 valence electrons. The van der Waals surface area contributed by atoms with Gasteiger partial charge in [0.05, 0.1) is 0 Å². The van der Waals surface area contributed by atoms with E-state index in [1.165, 1.54) is 12.0 Å². The van der Waals surface area contributed by atoms with Gasteiger partial charge < -0.3 is 10.3 Å². The number of aryl methyl sites for hydroxylation is 1. The predicted octanol–water partition coefficient (Wildman–Crippen LogP) is 1.36. The normalized spacial score (nSPS) is 20.5. The third kappa shape index (κ3) is 1.73. The lowest BCUT2D eigenvalue weighted by atomic mass is 9.91. The molecule has 0 amide bonds. The molecule has 1 aliphatic carbocycles. The molecule has 3 nitrogen and oxygen atoms in total. The van der Waals surface area contributed by atoms with Crippen molar-refractivity contribution in [3.05, 3.63) is 33.7 Å². The Bertz CT molecular complexity index is 370. The van der Waals surface area contributed by atoms with Gasteiger partial charge in [-0.1, -0.05) is 13.0 Å². The summed E-state index contributed by atoms with van der Waals surface area (Å²) in [5.41, 5.74) is 2.41. The molecule has 0 aliphatic heterocycles. The fourth-order valence-electron chi connectivity index (χ4n) is 2.16. The summed E-state index contributed by atoms with van der Waals surface area (Å²) >= 11 is 0. The highest BCUT2D eigenvalue weighted by atomic mass is 16.1. The molecular formula is C11H16N2O. The van der Waals surface area contributed by atoms with Crippen LogP contribution in [0, 0.1) is 0 Å². The molecule has 0 saturated heterocycles. The Kier molecular flexibility index (Phi) is 2.68. The topological polar surface area (TPSA) is 44.9 Å². The molecule has 1 heterocycles. The summed E-state index contributed by atoms with van der Waals surface area (Å²) in [6.45, 7) is 3.09. The lowest BCUT2D eigenvalue weighted by molar-refractivity contribution is 0.465. The molecule has 2 N–H and O–H groups in total. The van der Waals surface area contributed by atoms with Crippen LogP contribution < -0.4 is 10.9 Å². The van der Waals surface area contributed by atoms with E-state index in [1.807, 2.05) is 6.07 Å². The number of pyridine rings is 1. The summed E-state index contributed by atoms with van der Waals surface area (Å²) < 4.78 is 0. The highest BCUT2D eigenvalue weighted by molar-refractivity contribution is 5.26. The van der Waals surface area contributed by atoms with Crippen molar-refractivity contribution in [3.8, 4) is 0 Å². The van der Waals surface area contributed by atoms with Crippen molar-refractivity contribution in [1.29, 1.82) is 0 Å². The molecule has 2 rings (SSSR count). The summed E-state index contributed by atoms with van der Waals surface area (Å²) in [7, 11) is 0. The number of aromatic amines is 1. The van der Waals surface area contributed by atoms with Gasteiger partial charge in [-0.25, -0.2) is 0 Å². The Morgan fingerprint density at radius 3 is 3.21 bits per heavy atom. The molecule has 0 bridgehead atoms. The number of hydrogen-bond donors (Lipinski definition) is 2. The van der Waals surface area contributed by atoms with Crippen LogP contribution >= 0.6 is 0 Å². The second kappa shape index (κ2) is 3.96. The van der Waals surface area contributed by atoms with E-state index < -0.39 is 0 Å². The van der Waals surface area contributed by atoms with Crippen LogP contribution in [-0.2, 0) is 6.42 Å². The van der Waals surface area contributed by atoms with Gasteiger partial charge in [-0.05, 0) is 31.4 Å². The van der Waals surface area contributed by atoms with Crippen LogP contribution in [0.4, 0.5) is 0 Å². The van der Waals surface area contributed by atoms with Crippen molar-refractivity contribution in [2.75, 3.05) is 6.54 Å². The van der Waals surface area contributed by atoms with Gasteiger partial charge in [0, 0.05) is 17.8 Å². The van der Waals surface area contributed by atoms with E-state index in [4.69, 9.17) is 0 Å². The molecule has 1 aromatic rings. The summed E-state index contributed by atoms with van der Waals surface area (Å²) in [5, 5.41) is 3.44. The minimum Gasteiger partial charge on any atom is -0.326 e. The van der Waals surface area contributed by atoms with E-state index in [9.17, 15) is 4.79 Å². The standard InChI is InChI=1S/C11H16N2O/c1-2-12-9-4-3-5-10-8(9)6-7-11(14)13-10/h6-7,9,12H,2-5H2,1H3,(H,13,14). The Hall–Kier alpha value is -1.09. The third-order valence-electron chi connectivity index (χ3n) is 2.78. The fraction of sp³-hybridized carbons (Fsp3) is 0.545. The van der Waals surface area contributed by atoms with Gasteiger partial charge in [-0.3, -0.25) is 4.79 Å². The minimum atomic E-state index is 0.0147. The van der Waals surface area contributed by atoms with Crippen molar-refractivity contribution < 1.29 is 0 Å². The molecule has 14 heavy (non-hydrogen) atoms. The van der Waals surface area contributed by atoms with Crippen molar-refractivity contribution in [1.82, 2.24) is 10.3 Å². The molecule has 3 heteroatoms. The molecule has 0 spiro atoms. The van der Waals surface area contributed by atoms with Crippen LogP contribution in [-0.4, -0.2) is 11.5 Å². The Labute approximate surface area is 83.5 Å². The van der Waals surface area contributed by atoms with Gasteiger partial charge in [0.1, 0.15) is 0 Å². The maximum absolute atomic E-state index is 11.1. The zero-order valence-corrected chi connectivity index (χ0v) is 8.47. The van der Waals surface area contributed by atoms with Crippen LogP contribution in [0.15, 0.2) is 16.9 Å². The monoisotopic (exact) mass is 192 g/mol. The number of aromatic nitrogens is 1. The van der Waals surface area contributed by atoms with Crippen LogP contribution in [0.25, 0.3) is 0 Å². The lowest BCUT2D eigenvalue weighted by Gasteiger charge is -2.25. The van der Waals surface area contributed by atoms with Crippen LogP contribution in [0.2, 0.25) is 0 Å². The van der Waals surface area contributed by atoms with E-state index in [0.717, 1.165) is 25.1 Å². The average molecular weight is 192 g/mol. The number of rotatable bonds is 2. The summed E-state index contributed by atoms with van der Waals surface area (Å²) in [6.07, 6.45) is 3.34. The first-order valence-electron chi connectivity index (χ1n) is 5.26. The summed E-state index contributed by atoms with van der Waals surface area (Å²) in [4.78, 5) is 14.1. The Morgan fingerprint density at radius 1 is 1.57 bits per heavy atom. The number of fused-ring (bicyclic) bond motifs is 1. The van der Waals surface area contributed by atoms with Gasteiger partial charge >= 0.3 is 0 Å². The van der Waals surface area contributed by atoms with Gasteiger partial charge in [0.15, 0.2) is 0 Å². The highest BCUT2D eigenvalue weighted by Gasteiger charge is 2.19. The zero-order valence-electron chi connectivity index (χ0n) is 8.47. The smallest absolute Gasteiger partial charge is 0.248 e. The molecule has 0 radical (unpaired) electrons. The fourth-order valence-corrected chi connectivity index (χ4v) is 2.16. The highest BCUT2D eigenvalue weighted by Crippen LogP contribution is 2.26. The second-order valence-corrected chi connectivity index (χ2v) is 3.76. The number of H-pyrrole nitrogens is 1. The van der Waals surface area contributed by atoms with Crippen molar-refractivity contribution >= 4 is 0 Å². The number of nitrogens with one attached hydrogen (secondary N) is 2. The predicted molar refractivity (Wildman–Crippen MR) is 56.4 cm³/mol. The largest absolute Gasteiger partial charge is 0.326 e. The van der Waals surface area contributed by atoms with Crippen LogP contribution in [0.1, 0.15) is 37.1 Å². The van der Waals surface area contributed by atoms with E-state index in [1.54, 1.807) is 6.07 Å². The molecule has 0 aromatic carbocycles. The first-order valence-corrected chi connectivity index (χ1v) is 5.26. The van der Waals surface area contributed by atoms with Gasteiger partial charge in [0.2, 0.25) is 5.56 Å². The van der Waals surface area contributed by atoms with E-state index in [0.29, 0.717) is 6.04 Å². The first-order chi connectivity index (χ1) is 6.81. The van der Waals surface area contributed by atoms with Crippen LogP contribution in [0.3, 0.4) is 0 Å². The molecular weight excluding hydrogens is 176 g/mol. The van der Waals surface area contributed by atoms with E-state index in [2.05, 4.69) is 17.2 Å². The molecule has 0 fully saturated rings. The zero-order chi connectivity index (χ0) is 9.97. The molecule has 1 aliphatic rings. The first kappa shape index (κ1) is 9.46. The van der Waals surface area contributed by atoms with Crippen molar-refractivity contribution in [3.63, 3.8) is 0 Å². The van der Waals surface area contributed by atoms with E-state index in [-0.39, 0.29) is 5.56 Å². The maximum Gasteiger partial charge on any atom is 0.248 e. The minimum absolute atomic E-state index is 0.0147. The lowest BCUT2D eigenvalue weighted by Crippen LogP contribution is -2.27. The Morgan fingerprint density at radius 2 is 2.43 bits per heavy atom. The summed E-state index contributed by atoms with van der Waals surface area (Å²) in [6, 6.07) is 4.01. The van der Waals surface area contributed by atoms with Crippen LogP contribution in [0.5, 0.6) is 0 Å².